The Morgan fingerprint density at radius 1 is 1.02 bits per heavy atom. The lowest BCUT2D eigenvalue weighted by atomic mass is 9.95. The van der Waals surface area contributed by atoms with Gasteiger partial charge in [0, 0.05) is 58.3 Å². The molecule has 11 heteroatoms. The number of anilines is 3. The van der Waals surface area contributed by atoms with Crippen molar-refractivity contribution in [3.05, 3.63) is 81.7 Å². The number of carbonyl (C=O) groups is 3. The fraction of sp³-hybridized carbons (Fsp3) is 0.265. The smallest absolute Gasteiger partial charge is 0.412 e. The van der Waals surface area contributed by atoms with Gasteiger partial charge in [0.15, 0.2) is 0 Å². The van der Waals surface area contributed by atoms with Gasteiger partial charge in [-0.2, -0.15) is 0 Å². The van der Waals surface area contributed by atoms with E-state index in [-0.39, 0.29) is 23.5 Å². The fourth-order valence-corrected chi connectivity index (χ4v) is 7.44. The van der Waals surface area contributed by atoms with E-state index in [1.165, 1.54) is 11.3 Å². The van der Waals surface area contributed by atoms with Crippen LogP contribution in [0.2, 0.25) is 0 Å². The summed E-state index contributed by atoms with van der Waals surface area (Å²) in [6, 6.07) is 16.6. The van der Waals surface area contributed by atoms with Gasteiger partial charge in [-0.15, -0.1) is 22.9 Å². The molecule has 0 spiro atoms. The highest BCUT2D eigenvalue weighted by atomic mass is 35.5. The first-order chi connectivity index (χ1) is 21.5. The quantitative estimate of drug-likeness (QED) is 0.175. The number of alkyl halides is 1. The van der Waals surface area contributed by atoms with Gasteiger partial charge in [0.2, 0.25) is 0 Å². The molecule has 5 aromatic rings. The molecular formula is C34H31ClN4O5S. The van der Waals surface area contributed by atoms with Crippen molar-refractivity contribution >= 4 is 79.6 Å². The number of aromatic amines is 1. The van der Waals surface area contributed by atoms with Crippen molar-refractivity contribution in [2.24, 2.45) is 0 Å². The van der Waals surface area contributed by atoms with Crippen molar-refractivity contribution in [3.8, 4) is 5.75 Å². The number of H-pyrrole nitrogens is 1. The molecule has 7 rings (SSSR count). The second kappa shape index (κ2) is 10.8. The minimum absolute atomic E-state index is 0.0681. The molecule has 2 aliphatic rings. The van der Waals surface area contributed by atoms with E-state index in [2.05, 4.69) is 10.3 Å². The highest BCUT2D eigenvalue weighted by Gasteiger charge is 2.36. The summed E-state index contributed by atoms with van der Waals surface area (Å²) >= 11 is 7.64. The number of hydrogen-bond donors (Lipinski definition) is 3. The maximum absolute atomic E-state index is 14.0. The number of amides is 3. The Balaban J connectivity index is 1.15. The number of fused-ring (bicyclic) bond motifs is 6. The van der Waals surface area contributed by atoms with E-state index in [9.17, 15) is 19.5 Å². The third-order valence-corrected chi connectivity index (χ3v) is 9.56. The molecule has 2 aliphatic heterocycles. The van der Waals surface area contributed by atoms with Gasteiger partial charge in [-0.1, -0.05) is 24.3 Å². The van der Waals surface area contributed by atoms with E-state index < -0.39 is 11.7 Å². The summed E-state index contributed by atoms with van der Waals surface area (Å²) in [5, 5.41) is 17.7. The number of nitrogens with one attached hydrogen (secondary N) is 2. The van der Waals surface area contributed by atoms with Crippen molar-refractivity contribution in [1.82, 2.24) is 4.98 Å². The maximum Gasteiger partial charge on any atom is 0.412 e. The molecule has 0 saturated carbocycles. The molecular weight excluding hydrogens is 612 g/mol. The van der Waals surface area contributed by atoms with Crippen LogP contribution in [0.1, 0.15) is 58.0 Å². The Hall–Kier alpha value is -4.54. The molecule has 0 radical (unpaired) electrons. The molecule has 45 heavy (non-hydrogen) atoms. The molecule has 0 bridgehead atoms. The first-order valence-corrected chi connectivity index (χ1v) is 16.1. The van der Waals surface area contributed by atoms with Crippen LogP contribution in [0.15, 0.2) is 60.0 Å². The van der Waals surface area contributed by atoms with E-state index >= 15 is 0 Å². The van der Waals surface area contributed by atoms with Gasteiger partial charge in [0.05, 0.1) is 16.3 Å². The van der Waals surface area contributed by atoms with Crippen LogP contribution >= 0.6 is 22.9 Å². The first kappa shape index (κ1) is 29.2. The van der Waals surface area contributed by atoms with Gasteiger partial charge in [0.1, 0.15) is 17.0 Å². The predicted octanol–water partition coefficient (Wildman–Crippen LogP) is 7.62. The summed E-state index contributed by atoms with van der Waals surface area (Å²) in [4.78, 5) is 46.9. The zero-order chi connectivity index (χ0) is 31.6. The minimum atomic E-state index is -0.629. The number of phenols is 1. The van der Waals surface area contributed by atoms with Crippen LogP contribution in [0.25, 0.3) is 21.7 Å². The summed E-state index contributed by atoms with van der Waals surface area (Å²) in [5.41, 5.74) is 4.52. The molecule has 0 unspecified atom stereocenters. The molecule has 1 atom stereocenters. The second-order valence-electron chi connectivity index (χ2n) is 12.4. The molecule has 0 saturated heterocycles. The number of aromatic hydroxyl groups is 1. The topological polar surface area (TPSA) is 115 Å². The normalized spacial score (nSPS) is 15.9. The molecule has 2 aromatic heterocycles. The number of halogens is 1. The lowest BCUT2D eigenvalue weighted by molar-refractivity contribution is 0.0635. The van der Waals surface area contributed by atoms with Gasteiger partial charge in [0.25, 0.3) is 11.8 Å². The molecule has 3 amide bonds. The number of phenolic OH excluding ortho intramolecular Hbond substituents is 1. The number of thiophene rings is 1. The van der Waals surface area contributed by atoms with Gasteiger partial charge < -0.3 is 24.6 Å². The average Bonchev–Trinajstić information content (AvgIpc) is 3.79. The maximum atomic E-state index is 14.0. The second-order valence-corrected chi connectivity index (χ2v) is 13.6. The first-order valence-electron chi connectivity index (χ1n) is 14.7. The molecule has 0 aliphatic carbocycles. The van der Waals surface area contributed by atoms with Crippen LogP contribution in [0.4, 0.5) is 21.9 Å². The summed E-state index contributed by atoms with van der Waals surface area (Å²) in [5.74, 6) is 0.0304. The average molecular weight is 643 g/mol. The molecule has 4 heterocycles. The van der Waals surface area contributed by atoms with Crippen molar-refractivity contribution in [1.29, 1.82) is 0 Å². The summed E-state index contributed by atoms with van der Waals surface area (Å²) in [6.07, 6.45) is 0.0608. The zero-order valence-corrected chi connectivity index (χ0v) is 26.5. The third-order valence-electron chi connectivity index (χ3n) is 8.27. The molecule has 0 fully saturated rings. The lowest BCUT2D eigenvalue weighted by Gasteiger charge is -2.19. The van der Waals surface area contributed by atoms with E-state index in [0.717, 1.165) is 38.5 Å². The highest BCUT2D eigenvalue weighted by molar-refractivity contribution is 7.12. The van der Waals surface area contributed by atoms with Crippen molar-refractivity contribution < 1.29 is 24.2 Å². The number of hydrogen-bond acceptors (Lipinski definition) is 6. The zero-order valence-electron chi connectivity index (χ0n) is 24.9. The number of nitrogens with zero attached hydrogens (tertiary/aromatic N) is 2. The SMILES string of the molecule is CC(C)(C)OC(=O)Nc1csc(C(=O)N2CCc3c2ccc2[nH]c(C(=O)N4C[C@@H](CCl)c5c4cc(O)c4ccccc54)cc32)c1. The Morgan fingerprint density at radius 2 is 1.80 bits per heavy atom. The Kier molecular flexibility index (Phi) is 7.02. The van der Waals surface area contributed by atoms with Crippen LogP contribution in [0.5, 0.6) is 5.75 Å². The predicted molar refractivity (Wildman–Crippen MR) is 179 cm³/mol. The fourth-order valence-electron chi connectivity index (χ4n) is 6.40. The number of rotatable bonds is 4. The Bertz CT molecular complexity index is 2030. The summed E-state index contributed by atoms with van der Waals surface area (Å²) < 4.78 is 5.31. The summed E-state index contributed by atoms with van der Waals surface area (Å²) in [7, 11) is 0. The molecule has 3 aromatic carbocycles. The third kappa shape index (κ3) is 5.07. The Labute approximate surface area is 268 Å². The Morgan fingerprint density at radius 3 is 2.56 bits per heavy atom. The van der Waals surface area contributed by atoms with Crippen molar-refractivity contribution in [2.75, 3.05) is 34.1 Å². The number of carbonyl (C=O) groups excluding carboxylic acids is 3. The minimum Gasteiger partial charge on any atom is -0.507 e. The monoisotopic (exact) mass is 642 g/mol. The molecule has 3 N–H and O–H groups in total. The number of ether oxygens (including phenoxy) is 1. The van der Waals surface area contributed by atoms with E-state index in [0.29, 0.717) is 47.3 Å². The highest BCUT2D eigenvalue weighted by Crippen LogP contribution is 2.46. The lowest BCUT2D eigenvalue weighted by Crippen LogP contribution is -2.30. The van der Waals surface area contributed by atoms with Crippen LogP contribution in [-0.4, -0.2) is 52.6 Å². The molecule has 9 nitrogen and oxygen atoms in total. The summed E-state index contributed by atoms with van der Waals surface area (Å²) in [6.45, 7) is 6.27. The van der Waals surface area contributed by atoms with Crippen molar-refractivity contribution in [2.45, 2.75) is 38.7 Å². The number of aromatic nitrogens is 1. The van der Waals surface area contributed by atoms with E-state index in [1.807, 2.05) is 42.5 Å². The van der Waals surface area contributed by atoms with E-state index in [4.69, 9.17) is 16.3 Å². The van der Waals surface area contributed by atoms with Gasteiger partial charge in [-0.3, -0.25) is 14.9 Å². The largest absolute Gasteiger partial charge is 0.507 e. The van der Waals surface area contributed by atoms with Gasteiger partial charge in [-0.05, 0) is 68.0 Å². The number of benzene rings is 3. The van der Waals surface area contributed by atoms with Crippen LogP contribution in [0, 0.1) is 0 Å². The van der Waals surface area contributed by atoms with Gasteiger partial charge >= 0.3 is 6.09 Å². The molecule has 230 valence electrons. The van der Waals surface area contributed by atoms with Crippen LogP contribution < -0.4 is 15.1 Å². The van der Waals surface area contributed by atoms with Crippen molar-refractivity contribution in [3.63, 3.8) is 0 Å². The van der Waals surface area contributed by atoms with Crippen LogP contribution in [-0.2, 0) is 11.2 Å². The van der Waals surface area contributed by atoms with Crippen LogP contribution in [0.3, 0.4) is 0 Å². The van der Waals surface area contributed by atoms with E-state index in [1.54, 1.807) is 48.1 Å². The standard InChI is InChI=1S/C34H31ClN4O5S/c1-34(2,3)44-33(43)36-19-12-29(45-17-19)32(42)38-11-10-20-23-13-25(37-24(23)8-9-26(20)38)31(41)39-16-18(15-35)30-22-7-5-4-6-21(22)28(40)14-27(30)39/h4-9,12-14,17-18,37,40H,10-11,15-16H2,1-3H3,(H,36,43)/t18-/m1/s1. The van der Waals surface area contributed by atoms with Gasteiger partial charge in [-0.25, -0.2) is 4.79 Å².